The Morgan fingerprint density at radius 2 is 1.92 bits per heavy atom. The SMILES string of the molecule is O=C(Cc1ccccc1Cl)Nc1cccc(C#Cc2cccs2)c1. The molecule has 1 heterocycles. The Balaban J connectivity index is 1.68. The molecule has 3 rings (SSSR count). The molecular weight excluding hydrogens is 338 g/mol. The first kappa shape index (κ1) is 16.3. The average Bonchev–Trinajstić information content (AvgIpc) is 3.09. The highest BCUT2D eigenvalue weighted by Gasteiger charge is 2.07. The second-order valence-electron chi connectivity index (χ2n) is 5.12. The fourth-order valence-electron chi connectivity index (χ4n) is 2.18. The number of rotatable bonds is 3. The Kier molecular flexibility index (Phi) is 5.32. The van der Waals surface area contributed by atoms with Gasteiger partial charge in [-0.1, -0.05) is 53.8 Å². The molecule has 0 radical (unpaired) electrons. The molecule has 0 atom stereocenters. The summed E-state index contributed by atoms with van der Waals surface area (Å²) in [5.74, 6) is 6.11. The minimum Gasteiger partial charge on any atom is -0.326 e. The molecule has 0 fully saturated rings. The molecule has 4 heteroatoms. The first-order valence-corrected chi connectivity index (χ1v) is 8.65. The maximum absolute atomic E-state index is 12.2. The average molecular weight is 352 g/mol. The molecule has 0 aliphatic rings. The van der Waals surface area contributed by atoms with Crippen LogP contribution in [0.5, 0.6) is 0 Å². The fraction of sp³-hybridized carbons (Fsp3) is 0.0500. The predicted molar refractivity (Wildman–Crippen MR) is 101 cm³/mol. The Bertz CT molecular complexity index is 907. The normalized spacial score (nSPS) is 9.88. The molecular formula is C20H14ClNOS. The van der Waals surface area contributed by atoms with Gasteiger partial charge in [0.15, 0.2) is 0 Å². The van der Waals surface area contributed by atoms with Crippen LogP contribution in [-0.4, -0.2) is 5.91 Å². The highest BCUT2D eigenvalue weighted by molar-refractivity contribution is 7.10. The van der Waals surface area contributed by atoms with E-state index in [4.69, 9.17) is 11.6 Å². The van der Waals surface area contributed by atoms with Crippen molar-refractivity contribution < 1.29 is 4.79 Å². The van der Waals surface area contributed by atoms with Crippen molar-refractivity contribution >= 4 is 34.5 Å². The van der Waals surface area contributed by atoms with E-state index in [2.05, 4.69) is 17.2 Å². The second-order valence-corrected chi connectivity index (χ2v) is 6.48. The zero-order valence-corrected chi connectivity index (χ0v) is 14.3. The van der Waals surface area contributed by atoms with Crippen molar-refractivity contribution in [2.75, 3.05) is 5.32 Å². The number of nitrogens with one attached hydrogen (secondary N) is 1. The van der Waals surface area contributed by atoms with Crippen LogP contribution in [0.25, 0.3) is 0 Å². The smallest absolute Gasteiger partial charge is 0.228 e. The van der Waals surface area contributed by atoms with E-state index in [1.807, 2.05) is 60.0 Å². The van der Waals surface area contributed by atoms with Gasteiger partial charge in [0.2, 0.25) is 5.91 Å². The number of anilines is 1. The maximum Gasteiger partial charge on any atom is 0.228 e. The number of halogens is 1. The number of thiophene rings is 1. The summed E-state index contributed by atoms with van der Waals surface area (Å²) < 4.78 is 0. The van der Waals surface area contributed by atoms with Gasteiger partial charge in [-0.3, -0.25) is 4.79 Å². The van der Waals surface area contributed by atoms with Crippen LogP contribution in [0.4, 0.5) is 5.69 Å². The van der Waals surface area contributed by atoms with E-state index >= 15 is 0 Å². The Morgan fingerprint density at radius 1 is 1.04 bits per heavy atom. The molecule has 0 bridgehead atoms. The lowest BCUT2D eigenvalue weighted by Crippen LogP contribution is -2.14. The summed E-state index contributed by atoms with van der Waals surface area (Å²) in [6, 6.07) is 18.8. The lowest BCUT2D eigenvalue weighted by atomic mass is 10.1. The highest BCUT2D eigenvalue weighted by atomic mass is 35.5. The van der Waals surface area contributed by atoms with Gasteiger partial charge in [0.05, 0.1) is 11.3 Å². The lowest BCUT2D eigenvalue weighted by molar-refractivity contribution is -0.115. The third kappa shape index (κ3) is 4.48. The van der Waals surface area contributed by atoms with E-state index < -0.39 is 0 Å². The van der Waals surface area contributed by atoms with E-state index in [1.54, 1.807) is 17.4 Å². The van der Waals surface area contributed by atoms with Crippen molar-refractivity contribution in [3.8, 4) is 11.8 Å². The highest BCUT2D eigenvalue weighted by Crippen LogP contribution is 2.17. The summed E-state index contributed by atoms with van der Waals surface area (Å²) in [4.78, 5) is 13.2. The Hall–Kier alpha value is -2.54. The van der Waals surface area contributed by atoms with Gasteiger partial charge < -0.3 is 5.32 Å². The molecule has 2 aromatic carbocycles. The minimum atomic E-state index is -0.105. The zero-order valence-electron chi connectivity index (χ0n) is 12.8. The number of benzene rings is 2. The van der Waals surface area contributed by atoms with E-state index in [-0.39, 0.29) is 12.3 Å². The van der Waals surface area contributed by atoms with E-state index in [0.717, 1.165) is 21.7 Å². The van der Waals surface area contributed by atoms with Crippen LogP contribution < -0.4 is 5.32 Å². The van der Waals surface area contributed by atoms with Gasteiger partial charge in [-0.15, -0.1) is 11.3 Å². The first-order valence-electron chi connectivity index (χ1n) is 7.39. The zero-order chi connectivity index (χ0) is 16.8. The molecule has 24 heavy (non-hydrogen) atoms. The van der Waals surface area contributed by atoms with Gasteiger partial charge in [-0.2, -0.15) is 0 Å². The van der Waals surface area contributed by atoms with Gasteiger partial charge in [-0.25, -0.2) is 0 Å². The lowest BCUT2D eigenvalue weighted by Gasteiger charge is -2.07. The monoisotopic (exact) mass is 351 g/mol. The van der Waals surface area contributed by atoms with E-state index in [9.17, 15) is 4.79 Å². The summed E-state index contributed by atoms with van der Waals surface area (Å²) in [6.07, 6.45) is 0.241. The summed E-state index contributed by atoms with van der Waals surface area (Å²) in [5.41, 5.74) is 2.40. The van der Waals surface area contributed by atoms with Crippen LogP contribution >= 0.6 is 22.9 Å². The van der Waals surface area contributed by atoms with Gasteiger partial charge in [0.1, 0.15) is 0 Å². The van der Waals surface area contributed by atoms with Crippen molar-refractivity contribution in [2.24, 2.45) is 0 Å². The van der Waals surface area contributed by atoms with Gasteiger partial charge in [0.25, 0.3) is 0 Å². The predicted octanol–water partition coefficient (Wildman–Crippen LogP) is 4.98. The van der Waals surface area contributed by atoms with Crippen LogP contribution in [-0.2, 0) is 11.2 Å². The third-order valence-electron chi connectivity index (χ3n) is 3.31. The molecule has 0 aliphatic carbocycles. The van der Waals surface area contributed by atoms with Crippen molar-refractivity contribution in [3.63, 3.8) is 0 Å². The standard InChI is InChI=1S/C20H14ClNOS/c21-19-9-2-1-6-16(19)14-20(23)22-17-7-3-5-15(13-17)10-11-18-8-4-12-24-18/h1-9,12-13H,14H2,(H,22,23). The molecule has 3 aromatic rings. The van der Waals surface area contributed by atoms with E-state index in [1.165, 1.54) is 0 Å². The van der Waals surface area contributed by atoms with Crippen LogP contribution in [0.15, 0.2) is 66.0 Å². The van der Waals surface area contributed by atoms with Gasteiger partial charge in [0, 0.05) is 16.3 Å². The Morgan fingerprint density at radius 3 is 2.71 bits per heavy atom. The van der Waals surface area contributed by atoms with Crippen LogP contribution in [0, 0.1) is 11.8 Å². The van der Waals surface area contributed by atoms with Crippen molar-refractivity contribution in [3.05, 3.63) is 87.1 Å². The molecule has 0 aliphatic heterocycles. The summed E-state index contributed by atoms with van der Waals surface area (Å²) in [7, 11) is 0. The van der Waals surface area contributed by atoms with E-state index in [0.29, 0.717) is 5.02 Å². The van der Waals surface area contributed by atoms with Crippen LogP contribution in [0.2, 0.25) is 5.02 Å². The van der Waals surface area contributed by atoms with Crippen molar-refractivity contribution in [1.29, 1.82) is 0 Å². The molecule has 1 N–H and O–H groups in total. The summed E-state index contributed by atoms with van der Waals surface area (Å²) in [5, 5.41) is 5.48. The quantitative estimate of drug-likeness (QED) is 0.662. The molecule has 1 aromatic heterocycles. The molecule has 118 valence electrons. The summed E-state index contributed by atoms with van der Waals surface area (Å²) >= 11 is 7.69. The third-order valence-corrected chi connectivity index (χ3v) is 4.46. The van der Waals surface area contributed by atoms with Crippen LogP contribution in [0.1, 0.15) is 16.0 Å². The molecule has 1 amide bonds. The fourth-order valence-corrected chi connectivity index (χ4v) is 2.95. The van der Waals surface area contributed by atoms with Crippen LogP contribution in [0.3, 0.4) is 0 Å². The Labute approximate surface area is 150 Å². The topological polar surface area (TPSA) is 29.1 Å². The summed E-state index contributed by atoms with van der Waals surface area (Å²) in [6.45, 7) is 0. The number of carbonyl (C=O) groups excluding carboxylic acids is 1. The maximum atomic E-state index is 12.2. The number of carbonyl (C=O) groups is 1. The number of hydrogen-bond donors (Lipinski definition) is 1. The molecule has 0 unspecified atom stereocenters. The molecule has 2 nitrogen and oxygen atoms in total. The van der Waals surface area contributed by atoms with Crippen molar-refractivity contribution in [2.45, 2.75) is 6.42 Å². The van der Waals surface area contributed by atoms with Gasteiger partial charge in [-0.05, 0) is 41.3 Å². The molecule has 0 spiro atoms. The minimum absolute atomic E-state index is 0.105. The van der Waals surface area contributed by atoms with Crippen molar-refractivity contribution in [1.82, 2.24) is 0 Å². The first-order chi connectivity index (χ1) is 11.7. The molecule has 0 saturated carbocycles. The second kappa shape index (κ2) is 7.83. The van der Waals surface area contributed by atoms with Gasteiger partial charge >= 0.3 is 0 Å². The largest absolute Gasteiger partial charge is 0.326 e. The molecule has 0 saturated heterocycles. The number of hydrogen-bond acceptors (Lipinski definition) is 2. The number of amides is 1.